The highest BCUT2D eigenvalue weighted by atomic mass is 16.5. The summed E-state index contributed by atoms with van der Waals surface area (Å²) in [6.07, 6.45) is 1.72. The molecule has 0 radical (unpaired) electrons. The van der Waals surface area contributed by atoms with E-state index in [2.05, 4.69) is 46.6 Å². The molecule has 154 valence electrons. The Balaban J connectivity index is 1.83. The summed E-state index contributed by atoms with van der Waals surface area (Å²) in [6.45, 7) is 4.62. The fourth-order valence-electron chi connectivity index (χ4n) is 2.82. The van der Waals surface area contributed by atoms with Crippen molar-refractivity contribution >= 4 is 17.6 Å². The van der Waals surface area contributed by atoms with Crippen molar-refractivity contribution in [3.63, 3.8) is 0 Å². The number of nitrogens with zero attached hydrogens (tertiary/aromatic N) is 2. The molecule has 0 aliphatic carbocycles. The predicted octanol–water partition coefficient (Wildman–Crippen LogP) is 4.61. The van der Waals surface area contributed by atoms with E-state index in [-0.39, 0.29) is 5.91 Å². The van der Waals surface area contributed by atoms with E-state index in [1.165, 1.54) is 5.56 Å². The lowest BCUT2D eigenvalue weighted by atomic mass is 10.0. The van der Waals surface area contributed by atoms with Crippen molar-refractivity contribution in [3.8, 4) is 5.75 Å². The largest absolute Gasteiger partial charge is 0.497 e. The van der Waals surface area contributed by atoms with E-state index in [4.69, 9.17) is 4.74 Å². The molecule has 6 heteroatoms. The highest BCUT2D eigenvalue weighted by Gasteiger charge is 2.11. The summed E-state index contributed by atoms with van der Waals surface area (Å²) < 4.78 is 5.21. The van der Waals surface area contributed by atoms with E-state index < -0.39 is 0 Å². The first kappa shape index (κ1) is 21.0. The first-order valence-electron chi connectivity index (χ1n) is 9.82. The van der Waals surface area contributed by atoms with Crippen LogP contribution in [0.3, 0.4) is 0 Å². The zero-order valence-electron chi connectivity index (χ0n) is 17.4. The SMILES string of the molecule is COc1cccc(C(=O)NC(=NCc2ccccn2)Nc2cccc(C(C)C)c2)c1. The molecule has 0 aliphatic heterocycles. The zero-order valence-corrected chi connectivity index (χ0v) is 17.4. The molecule has 6 nitrogen and oxygen atoms in total. The quantitative estimate of drug-likeness (QED) is 0.466. The summed E-state index contributed by atoms with van der Waals surface area (Å²) in [5, 5.41) is 6.10. The molecular formula is C24H26N4O2. The molecule has 0 bridgehead atoms. The number of hydrogen-bond acceptors (Lipinski definition) is 4. The number of hydrogen-bond donors (Lipinski definition) is 2. The fourth-order valence-corrected chi connectivity index (χ4v) is 2.82. The Labute approximate surface area is 177 Å². The first-order chi connectivity index (χ1) is 14.5. The Morgan fingerprint density at radius 1 is 1.07 bits per heavy atom. The molecule has 0 saturated heterocycles. The summed E-state index contributed by atoms with van der Waals surface area (Å²) >= 11 is 0. The van der Waals surface area contributed by atoms with Crippen LogP contribution < -0.4 is 15.4 Å². The van der Waals surface area contributed by atoms with Gasteiger partial charge >= 0.3 is 0 Å². The Morgan fingerprint density at radius 3 is 2.63 bits per heavy atom. The molecule has 3 aromatic rings. The summed E-state index contributed by atoms with van der Waals surface area (Å²) in [7, 11) is 1.57. The maximum atomic E-state index is 12.8. The topological polar surface area (TPSA) is 75.6 Å². The summed E-state index contributed by atoms with van der Waals surface area (Å²) in [5.41, 5.74) is 3.34. The van der Waals surface area contributed by atoms with E-state index >= 15 is 0 Å². The number of nitrogens with one attached hydrogen (secondary N) is 2. The van der Waals surface area contributed by atoms with Crippen LogP contribution in [0.15, 0.2) is 77.9 Å². The van der Waals surface area contributed by atoms with E-state index in [1.807, 2.05) is 30.3 Å². The number of pyridine rings is 1. The third kappa shape index (κ3) is 5.91. The molecule has 2 aromatic carbocycles. The van der Waals surface area contributed by atoms with Crippen molar-refractivity contribution in [2.24, 2.45) is 4.99 Å². The second kappa shape index (κ2) is 10.2. The average molecular weight is 402 g/mol. The maximum absolute atomic E-state index is 12.8. The molecule has 3 rings (SSSR count). The lowest BCUT2D eigenvalue weighted by Crippen LogP contribution is -2.36. The molecule has 1 amide bonds. The van der Waals surface area contributed by atoms with Gasteiger partial charge in [-0.05, 0) is 53.9 Å². The number of ether oxygens (including phenoxy) is 1. The Bertz CT molecular complexity index is 1020. The molecule has 30 heavy (non-hydrogen) atoms. The van der Waals surface area contributed by atoms with Gasteiger partial charge in [0.25, 0.3) is 5.91 Å². The minimum absolute atomic E-state index is 0.277. The van der Waals surface area contributed by atoms with Crippen molar-refractivity contribution in [2.75, 3.05) is 12.4 Å². The van der Waals surface area contributed by atoms with Crippen LogP contribution in [0.1, 0.15) is 41.4 Å². The van der Waals surface area contributed by atoms with Crippen LogP contribution in [-0.2, 0) is 6.54 Å². The summed E-state index contributed by atoms with van der Waals surface area (Å²) in [6, 6.07) is 20.7. The number of benzene rings is 2. The van der Waals surface area contributed by atoms with E-state index in [0.717, 1.165) is 11.4 Å². The van der Waals surface area contributed by atoms with E-state index in [9.17, 15) is 4.79 Å². The van der Waals surface area contributed by atoms with Gasteiger partial charge in [0.1, 0.15) is 5.75 Å². The van der Waals surface area contributed by atoms with Crippen LogP contribution in [0.25, 0.3) is 0 Å². The summed E-state index contributed by atoms with van der Waals surface area (Å²) in [5.74, 6) is 1.09. The Morgan fingerprint density at radius 2 is 1.90 bits per heavy atom. The van der Waals surface area contributed by atoms with Crippen LogP contribution in [0.5, 0.6) is 5.75 Å². The van der Waals surface area contributed by atoms with Crippen molar-refractivity contribution in [1.29, 1.82) is 0 Å². The molecule has 1 aromatic heterocycles. The average Bonchev–Trinajstić information content (AvgIpc) is 2.78. The molecule has 0 spiro atoms. The van der Waals surface area contributed by atoms with Crippen LogP contribution >= 0.6 is 0 Å². The van der Waals surface area contributed by atoms with Gasteiger partial charge in [0.05, 0.1) is 19.3 Å². The minimum atomic E-state index is -0.277. The van der Waals surface area contributed by atoms with Gasteiger partial charge in [-0.25, -0.2) is 4.99 Å². The van der Waals surface area contributed by atoms with E-state index in [1.54, 1.807) is 37.6 Å². The predicted molar refractivity (Wildman–Crippen MR) is 120 cm³/mol. The van der Waals surface area contributed by atoms with Gasteiger partial charge in [0.15, 0.2) is 0 Å². The highest BCUT2D eigenvalue weighted by Crippen LogP contribution is 2.18. The van der Waals surface area contributed by atoms with Crippen molar-refractivity contribution in [2.45, 2.75) is 26.3 Å². The number of guanidine groups is 1. The normalized spacial score (nSPS) is 11.3. The number of methoxy groups -OCH3 is 1. The van der Waals surface area contributed by atoms with Gasteiger partial charge in [-0.1, -0.05) is 38.1 Å². The Kier molecular flexibility index (Phi) is 7.16. The van der Waals surface area contributed by atoms with Crippen molar-refractivity contribution < 1.29 is 9.53 Å². The maximum Gasteiger partial charge on any atom is 0.258 e. The molecular weight excluding hydrogens is 376 g/mol. The summed E-state index contributed by atoms with van der Waals surface area (Å²) in [4.78, 5) is 21.6. The number of aliphatic imine (C=N–C) groups is 1. The highest BCUT2D eigenvalue weighted by molar-refractivity contribution is 6.10. The first-order valence-corrected chi connectivity index (χ1v) is 9.82. The van der Waals surface area contributed by atoms with Gasteiger partial charge in [-0.15, -0.1) is 0 Å². The van der Waals surface area contributed by atoms with Gasteiger partial charge < -0.3 is 10.1 Å². The second-order valence-electron chi connectivity index (χ2n) is 7.08. The van der Waals surface area contributed by atoms with Gasteiger partial charge in [-0.3, -0.25) is 15.1 Å². The van der Waals surface area contributed by atoms with Crippen molar-refractivity contribution in [1.82, 2.24) is 10.3 Å². The Hall–Kier alpha value is -3.67. The molecule has 0 unspecified atom stereocenters. The standard InChI is InChI=1S/C24H26N4O2/c1-17(2)18-8-6-11-20(14-18)27-24(26-16-21-10-4-5-13-25-21)28-23(29)19-9-7-12-22(15-19)30-3/h4-15,17H,16H2,1-3H3,(H2,26,27,28,29). The number of rotatable bonds is 6. The van der Waals surface area contributed by atoms with Crippen LogP contribution in [0.4, 0.5) is 5.69 Å². The minimum Gasteiger partial charge on any atom is -0.497 e. The molecule has 2 N–H and O–H groups in total. The monoisotopic (exact) mass is 402 g/mol. The number of amides is 1. The number of carbonyl (C=O) groups excluding carboxylic acids is 1. The van der Waals surface area contributed by atoms with Crippen LogP contribution in [0, 0.1) is 0 Å². The van der Waals surface area contributed by atoms with Gasteiger partial charge in [-0.2, -0.15) is 0 Å². The molecule has 0 aliphatic rings. The molecule has 0 fully saturated rings. The third-order valence-corrected chi connectivity index (χ3v) is 4.51. The second-order valence-corrected chi connectivity index (χ2v) is 7.08. The van der Waals surface area contributed by atoms with Crippen LogP contribution in [0.2, 0.25) is 0 Å². The molecule has 0 atom stereocenters. The van der Waals surface area contributed by atoms with Gasteiger partial charge in [0, 0.05) is 17.4 Å². The lowest BCUT2D eigenvalue weighted by molar-refractivity contribution is 0.0976. The smallest absolute Gasteiger partial charge is 0.258 e. The number of anilines is 1. The van der Waals surface area contributed by atoms with E-state index in [0.29, 0.717) is 29.7 Å². The molecule has 0 saturated carbocycles. The zero-order chi connectivity index (χ0) is 21.3. The fraction of sp³-hybridized carbons (Fsp3) is 0.208. The number of carbonyl (C=O) groups is 1. The lowest BCUT2D eigenvalue weighted by Gasteiger charge is -2.14. The van der Waals surface area contributed by atoms with Crippen LogP contribution in [-0.4, -0.2) is 24.0 Å². The molecule has 1 heterocycles. The van der Waals surface area contributed by atoms with Gasteiger partial charge in [0.2, 0.25) is 5.96 Å². The number of aromatic nitrogens is 1. The van der Waals surface area contributed by atoms with Crippen molar-refractivity contribution in [3.05, 3.63) is 89.7 Å². The third-order valence-electron chi connectivity index (χ3n) is 4.51.